The lowest BCUT2D eigenvalue weighted by Gasteiger charge is -2.29. The van der Waals surface area contributed by atoms with Gasteiger partial charge in [0.2, 0.25) is 0 Å². The monoisotopic (exact) mass is 300 g/mol. The summed E-state index contributed by atoms with van der Waals surface area (Å²) in [6, 6.07) is 0. The van der Waals surface area contributed by atoms with Gasteiger partial charge in [-0.25, -0.2) is 0 Å². The van der Waals surface area contributed by atoms with Gasteiger partial charge in [-0.05, 0) is 12.8 Å². The molecule has 2 N–H and O–H groups in total. The summed E-state index contributed by atoms with van der Waals surface area (Å²) < 4.78 is 1.09. The minimum Gasteiger partial charge on any atom is -1.00 e. The highest BCUT2D eigenvalue weighted by Crippen LogP contribution is 2.09. The first kappa shape index (κ1) is 23.6. The van der Waals surface area contributed by atoms with Crippen LogP contribution >= 0.6 is 12.4 Å². The van der Waals surface area contributed by atoms with Crippen molar-refractivity contribution in [3.05, 3.63) is 0 Å². The molecule has 0 heterocycles. The van der Waals surface area contributed by atoms with E-state index in [1.807, 2.05) is 0 Å². The Morgan fingerprint density at radius 2 is 1.22 bits per heavy atom. The van der Waals surface area contributed by atoms with E-state index in [4.69, 9.17) is 5.73 Å². The van der Waals surface area contributed by atoms with Crippen molar-refractivity contribution in [3.8, 4) is 0 Å². The summed E-state index contributed by atoms with van der Waals surface area (Å²) in [7, 11) is 4.57. The molecule has 2 nitrogen and oxygen atoms in total. The van der Waals surface area contributed by atoms with E-state index in [0.29, 0.717) is 0 Å². The average molecular weight is 301 g/mol. The Kier molecular flexibility index (Phi) is 20.4. The summed E-state index contributed by atoms with van der Waals surface area (Å²) >= 11 is 0. The Morgan fingerprint density at radius 1 is 0.778 bits per heavy atom. The summed E-state index contributed by atoms with van der Waals surface area (Å²) in [5.41, 5.74) is 5.60. The molecule has 0 aliphatic carbocycles. The smallest absolute Gasteiger partial charge is 0.0907 e. The zero-order valence-electron chi connectivity index (χ0n) is 12.6. The Bertz CT molecular complexity index is 153. The van der Waals surface area contributed by atoms with Gasteiger partial charge in [0.1, 0.15) is 0 Å². The third-order valence-electron chi connectivity index (χ3n) is 3.35. The van der Waals surface area contributed by atoms with Crippen LogP contribution in [0.3, 0.4) is 0 Å². The first-order valence-corrected chi connectivity index (χ1v) is 7.14. The average Bonchev–Trinajstić information content (AvgIpc) is 2.22. The van der Waals surface area contributed by atoms with Crippen LogP contribution in [0.1, 0.15) is 58.3 Å². The fourth-order valence-corrected chi connectivity index (χ4v) is 2.14. The van der Waals surface area contributed by atoms with Crippen LogP contribution in [0.4, 0.5) is 0 Å². The quantitative estimate of drug-likeness (QED) is 0.439. The summed E-state index contributed by atoms with van der Waals surface area (Å²) in [6.45, 7) is 5.48. The first-order chi connectivity index (χ1) is 7.62. The van der Waals surface area contributed by atoms with Crippen LogP contribution < -0.4 is 18.1 Å². The van der Waals surface area contributed by atoms with E-state index in [9.17, 15) is 0 Å². The second-order valence-electron chi connectivity index (χ2n) is 5.65. The van der Waals surface area contributed by atoms with Crippen LogP contribution in [0.2, 0.25) is 0 Å². The van der Waals surface area contributed by atoms with Crippen molar-refractivity contribution in [2.24, 2.45) is 5.73 Å². The molecule has 0 aliphatic rings. The van der Waals surface area contributed by atoms with Crippen molar-refractivity contribution in [1.82, 2.24) is 0 Å². The molecule has 0 aromatic heterocycles. The fourth-order valence-electron chi connectivity index (χ4n) is 2.14. The van der Waals surface area contributed by atoms with Crippen molar-refractivity contribution < 1.29 is 16.9 Å². The predicted molar refractivity (Wildman–Crippen MR) is 80.8 cm³/mol. The normalized spacial score (nSPS) is 10.7. The van der Waals surface area contributed by atoms with E-state index < -0.39 is 0 Å². The molecule has 0 saturated heterocycles. The SMILES string of the molecule is CCCCCCCCCC[N+](C)(C)CCN.Cl.[Cl-]. The van der Waals surface area contributed by atoms with E-state index in [2.05, 4.69) is 21.0 Å². The maximum Gasteiger partial charge on any atom is 0.0907 e. The minimum atomic E-state index is 0. The molecular formula is C14H34Cl2N2. The van der Waals surface area contributed by atoms with Crippen molar-refractivity contribution in [2.75, 3.05) is 33.7 Å². The van der Waals surface area contributed by atoms with Gasteiger partial charge in [-0.3, -0.25) is 0 Å². The summed E-state index contributed by atoms with van der Waals surface area (Å²) in [6.07, 6.45) is 11.3. The summed E-state index contributed by atoms with van der Waals surface area (Å²) in [5.74, 6) is 0. The zero-order valence-corrected chi connectivity index (χ0v) is 14.2. The van der Waals surface area contributed by atoms with Crippen LogP contribution in [0.25, 0.3) is 0 Å². The molecule has 18 heavy (non-hydrogen) atoms. The second-order valence-corrected chi connectivity index (χ2v) is 5.65. The van der Waals surface area contributed by atoms with E-state index in [0.717, 1.165) is 17.6 Å². The molecule has 0 amide bonds. The highest BCUT2D eigenvalue weighted by Gasteiger charge is 2.12. The van der Waals surface area contributed by atoms with E-state index in [1.165, 1.54) is 57.9 Å². The van der Waals surface area contributed by atoms with Gasteiger partial charge in [0, 0.05) is 6.54 Å². The van der Waals surface area contributed by atoms with E-state index in [1.54, 1.807) is 0 Å². The molecule has 0 fully saturated rings. The van der Waals surface area contributed by atoms with Crippen molar-refractivity contribution in [1.29, 1.82) is 0 Å². The molecule has 0 saturated carbocycles. The number of unbranched alkanes of at least 4 members (excludes halogenated alkanes) is 7. The number of halogens is 2. The van der Waals surface area contributed by atoms with Gasteiger partial charge in [-0.2, -0.15) is 0 Å². The maximum absolute atomic E-state index is 5.60. The summed E-state index contributed by atoms with van der Waals surface area (Å²) in [4.78, 5) is 0. The third kappa shape index (κ3) is 16.5. The Labute approximate surface area is 127 Å². The molecule has 0 spiro atoms. The van der Waals surface area contributed by atoms with Crippen LogP contribution in [0.15, 0.2) is 0 Å². The van der Waals surface area contributed by atoms with Crippen LogP contribution in [-0.4, -0.2) is 38.2 Å². The molecule has 0 atom stereocenters. The topological polar surface area (TPSA) is 26.0 Å². The molecule has 114 valence electrons. The highest BCUT2D eigenvalue weighted by molar-refractivity contribution is 5.85. The lowest BCUT2D eigenvalue weighted by Crippen LogP contribution is -3.00. The van der Waals surface area contributed by atoms with Crippen molar-refractivity contribution in [3.63, 3.8) is 0 Å². The minimum absolute atomic E-state index is 0. The highest BCUT2D eigenvalue weighted by atomic mass is 35.5. The Morgan fingerprint density at radius 3 is 1.67 bits per heavy atom. The largest absolute Gasteiger partial charge is 1.00 e. The Hall–Kier alpha value is 0.500. The van der Waals surface area contributed by atoms with Crippen LogP contribution in [0, 0.1) is 0 Å². The number of likely N-dealkylation sites (N-methyl/N-ethyl adjacent to an activating group) is 1. The van der Waals surface area contributed by atoms with E-state index in [-0.39, 0.29) is 24.8 Å². The molecule has 0 radical (unpaired) electrons. The van der Waals surface area contributed by atoms with Gasteiger partial charge >= 0.3 is 0 Å². The van der Waals surface area contributed by atoms with Gasteiger partial charge in [0.25, 0.3) is 0 Å². The fraction of sp³-hybridized carbons (Fsp3) is 1.00. The number of quaternary nitrogens is 1. The molecular weight excluding hydrogens is 267 g/mol. The third-order valence-corrected chi connectivity index (χ3v) is 3.35. The predicted octanol–water partition coefficient (Wildman–Crippen LogP) is 0.588. The van der Waals surface area contributed by atoms with Crippen molar-refractivity contribution in [2.45, 2.75) is 58.3 Å². The lowest BCUT2D eigenvalue weighted by atomic mass is 10.1. The number of hydrogen-bond acceptors (Lipinski definition) is 1. The zero-order chi connectivity index (χ0) is 12.3. The van der Waals surface area contributed by atoms with Crippen molar-refractivity contribution >= 4 is 12.4 Å². The van der Waals surface area contributed by atoms with E-state index >= 15 is 0 Å². The molecule has 0 aliphatic heterocycles. The molecule has 0 unspecified atom stereocenters. The standard InChI is InChI=1S/C14H33N2.2ClH/c1-4-5-6-7-8-9-10-11-13-16(2,3)14-12-15;;/h4-15H2,1-3H3;2*1H/q+1;;/p-1. The summed E-state index contributed by atoms with van der Waals surface area (Å²) in [5, 5.41) is 0. The molecule has 0 aromatic carbocycles. The van der Waals surface area contributed by atoms with Gasteiger partial charge in [-0.15, -0.1) is 12.4 Å². The van der Waals surface area contributed by atoms with Gasteiger partial charge in [0.05, 0.1) is 27.2 Å². The molecule has 4 heteroatoms. The van der Waals surface area contributed by atoms with Gasteiger partial charge < -0.3 is 22.6 Å². The molecule has 0 rings (SSSR count). The Balaban J connectivity index is -0.00000112. The maximum atomic E-state index is 5.60. The van der Waals surface area contributed by atoms with Crippen LogP contribution in [-0.2, 0) is 0 Å². The van der Waals surface area contributed by atoms with Crippen LogP contribution in [0.5, 0.6) is 0 Å². The first-order valence-electron chi connectivity index (χ1n) is 7.14. The number of nitrogens with zero attached hydrogens (tertiary/aromatic N) is 1. The lowest BCUT2D eigenvalue weighted by molar-refractivity contribution is -0.889. The number of rotatable bonds is 11. The number of nitrogens with two attached hydrogens (primary N) is 1. The van der Waals surface area contributed by atoms with Gasteiger partial charge in [-0.1, -0.05) is 45.4 Å². The molecule has 0 aromatic rings. The second kappa shape index (κ2) is 15.6. The molecule has 0 bridgehead atoms. The number of hydrogen-bond donors (Lipinski definition) is 1. The van der Waals surface area contributed by atoms with Gasteiger partial charge in [0.15, 0.2) is 0 Å².